The highest BCUT2D eigenvalue weighted by Gasteiger charge is 2.30. The third-order valence-electron chi connectivity index (χ3n) is 3.20. The van der Waals surface area contributed by atoms with Gasteiger partial charge < -0.3 is 9.64 Å². The minimum Gasteiger partial charge on any atom is -0.444 e. The summed E-state index contributed by atoms with van der Waals surface area (Å²) in [6.07, 6.45) is 0.784. The van der Waals surface area contributed by atoms with Gasteiger partial charge in [0.25, 0.3) is 0 Å². The minimum absolute atomic E-state index is 0.208. The average molecular weight is 279 g/mol. The number of carbonyl (C=O) groups excluding carboxylic acids is 1. The molecule has 1 aromatic carbocycles. The van der Waals surface area contributed by atoms with Crippen LogP contribution in [0.4, 0.5) is 4.79 Å². The zero-order chi connectivity index (χ0) is 14.0. The Bertz CT molecular complexity index is 450. The molecule has 0 spiro atoms. The summed E-state index contributed by atoms with van der Waals surface area (Å²) in [6.45, 7) is 7.18. The van der Waals surface area contributed by atoms with E-state index in [-0.39, 0.29) is 6.09 Å². The molecule has 1 fully saturated rings. The van der Waals surface area contributed by atoms with Gasteiger partial charge in [-0.2, -0.15) is 0 Å². The second kappa shape index (κ2) is 5.45. The lowest BCUT2D eigenvalue weighted by Gasteiger charge is -2.24. The molecule has 1 heterocycles. The molecule has 1 aliphatic rings. The second-order valence-corrected chi connectivity index (χ2v) is 6.52. The Labute approximate surface area is 120 Å². The number of amides is 1. The molecular weight excluding hydrogens is 258 g/mol. The summed E-state index contributed by atoms with van der Waals surface area (Å²) in [5.74, 6) is 0.404. The maximum Gasteiger partial charge on any atom is 0.410 e. The Hall–Kier alpha value is -1.16. The van der Waals surface area contributed by atoms with Crippen molar-refractivity contribution >= 4 is 18.7 Å². The van der Waals surface area contributed by atoms with Crippen molar-refractivity contribution in [3.05, 3.63) is 29.8 Å². The van der Waals surface area contributed by atoms with Crippen LogP contribution in [0.5, 0.6) is 0 Å². The van der Waals surface area contributed by atoms with Crippen LogP contribution < -0.4 is 0 Å². The first-order valence-electron chi connectivity index (χ1n) is 6.62. The maximum atomic E-state index is 12.0. The van der Waals surface area contributed by atoms with Crippen LogP contribution in [0.15, 0.2) is 29.2 Å². The van der Waals surface area contributed by atoms with E-state index in [4.69, 9.17) is 4.74 Å². The number of nitrogens with zero attached hydrogens (tertiary/aromatic N) is 1. The van der Waals surface area contributed by atoms with Gasteiger partial charge in [0.2, 0.25) is 0 Å². The van der Waals surface area contributed by atoms with Crippen molar-refractivity contribution in [2.75, 3.05) is 13.1 Å². The van der Waals surface area contributed by atoms with Crippen molar-refractivity contribution < 1.29 is 9.53 Å². The third-order valence-corrected chi connectivity index (χ3v) is 3.50. The third kappa shape index (κ3) is 3.90. The van der Waals surface area contributed by atoms with Gasteiger partial charge in [-0.3, -0.25) is 0 Å². The predicted octanol–water partition coefficient (Wildman–Crippen LogP) is 3.70. The number of benzene rings is 1. The average Bonchev–Trinajstić information content (AvgIpc) is 2.77. The molecule has 104 valence electrons. The maximum absolute atomic E-state index is 12.0. The quantitative estimate of drug-likeness (QED) is 0.794. The van der Waals surface area contributed by atoms with E-state index < -0.39 is 5.60 Å². The van der Waals surface area contributed by atoms with Crippen LogP contribution in [0.25, 0.3) is 0 Å². The fraction of sp³-hybridized carbons (Fsp3) is 0.533. The van der Waals surface area contributed by atoms with E-state index in [2.05, 4.69) is 24.8 Å². The lowest BCUT2D eigenvalue weighted by Crippen LogP contribution is -2.35. The summed E-state index contributed by atoms with van der Waals surface area (Å²) in [4.78, 5) is 14.7. The number of rotatable bonds is 1. The molecular formula is C15H21NO2S. The fourth-order valence-corrected chi connectivity index (χ4v) is 2.42. The molecule has 0 bridgehead atoms. The molecule has 1 aromatic rings. The molecule has 1 atom stereocenters. The summed E-state index contributed by atoms with van der Waals surface area (Å²) in [5, 5.41) is 0. The van der Waals surface area contributed by atoms with Gasteiger partial charge in [-0.15, -0.1) is 12.6 Å². The predicted molar refractivity (Wildman–Crippen MR) is 78.9 cm³/mol. The van der Waals surface area contributed by atoms with E-state index in [1.165, 1.54) is 5.56 Å². The molecule has 4 heteroatoms. The number of thiol groups is 1. The number of likely N-dealkylation sites (tertiary alicyclic amines) is 1. The van der Waals surface area contributed by atoms with Crippen LogP contribution in [0.2, 0.25) is 0 Å². The Balaban J connectivity index is 1.96. The molecule has 0 N–H and O–H groups in total. The minimum atomic E-state index is -0.428. The molecule has 3 nitrogen and oxygen atoms in total. The van der Waals surface area contributed by atoms with Crippen LogP contribution in [0, 0.1) is 0 Å². The lowest BCUT2D eigenvalue weighted by molar-refractivity contribution is 0.0292. The number of hydrogen-bond donors (Lipinski definition) is 1. The number of hydrogen-bond acceptors (Lipinski definition) is 3. The van der Waals surface area contributed by atoms with E-state index in [0.717, 1.165) is 24.4 Å². The summed E-state index contributed by atoms with van der Waals surface area (Å²) >= 11 is 4.29. The van der Waals surface area contributed by atoms with Crippen molar-refractivity contribution in [2.24, 2.45) is 0 Å². The van der Waals surface area contributed by atoms with Gasteiger partial charge >= 0.3 is 6.09 Å². The lowest BCUT2D eigenvalue weighted by atomic mass is 9.99. The molecule has 0 saturated carbocycles. The largest absolute Gasteiger partial charge is 0.444 e. The monoisotopic (exact) mass is 279 g/mol. The summed E-state index contributed by atoms with van der Waals surface area (Å²) < 4.78 is 5.40. The zero-order valence-corrected chi connectivity index (χ0v) is 12.6. The van der Waals surface area contributed by atoms with Gasteiger partial charge in [0.15, 0.2) is 0 Å². The number of ether oxygens (including phenoxy) is 1. The van der Waals surface area contributed by atoms with Crippen molar-refractivity contribution in [1.29, 1.82) is 0 Å². The highest BCUT2D eigenvalue weighted by atomic mass is 32.1. The van der Waals surface area contributed by atoms with Gasteiger partial charge in [0.05, 0.1) is 0 Å². The van der Waals surface area contributed by atoms with Gasteiger partial charge in [-0.1, -0.05) is 12.1 Å². The van der Waals surface area contributed by atoms with Crippen LogP contribution in [-0.4, -0.2) is 29.7 Å². The summed E-state index contributed by atoms with van der Waals surface area (Å²) in [6, 6.07) is 8.17. The van der Waals surface area contributed by atoms with Crippen LogP contribution in [0.1, 0.15) is 38.7 Å². The SMILES string of the molecule is CC(C)(C)OC(=O)N1CC[C@@H](c2ccc(S)cc2)C1. The smallest absolute Gasteiger partial charge is 0.410 e. The van der Waals surface area contributed by atoms with Crippen molar-refractivity contribution in [3.8, 4) is 0 Å². The summed E-state index contributed by atoms with van der Waals surface area (Å²) in [7, 11) is 0. The van der Waals surface area contributed by atoms with Crippen LogP contribution in [0.3, 0.4) is 0 Å². The highest BCUT2D eigenvalue weighted by Crippen LogP contribution is 2.28. The molecule has 1 saturated heterocycles. The van der Waals surface area contributed by atoms with Gasteiger partial charge in [-0.05, 0) is 44.9 Å². The van der Waals surface area contributed by atoms with E-state index in [9.17, 15) is 4.79 Å². The zero-order valence-electron chi connectivity index (χ0n) is 11.7. The van der Waals surface area contributed by atoms with Crippen molar-refractivity contribution in [2.45, 2.75) is 43.6 Å². The molecule has 0 unspecified atom stereocenters. The van der Waals surface area contributed by atoms with Gasteiger partial charge in [0.1, 0.15) is 5.60 Å². The molecule has 0 aliphatic carbocycles. The molecule has 0 radical (unpaired) electrons. The van der Waals surface area contributed by atoms with Crippen LogP contribution >= 0.6 is 12.6 Å². The molecule has 1 amide bonds. The van der Waals surface area contributed by atoms with E-state index in [1.807, 2.05) is 32.9 Å². The Morgan fingerprint density at radius 2 is 1.95 bits per heavy atom. The van der Waals surface area contributed by atoms with Crippen LogP contribution in [-0.2, 0) is 4.74 Å². The second-order valence-electron chi connectivity index (χ2n) is 6.00. The first-order valence-corrected chi connectivity index (χ1v) is 7.07. The highest BCUT2D eigenvalue weighted by molar-refractivity contribution is 7.80. The first-order chi connectivity index (χ1) is 8.85. The fourth-order valence-electron chi connectivity index (χ4n) is 2.27. The Morgan fingerprint density at radius 3 is 2.53 bits per heavy atom. The van der Waals surface area contributed by atoms with E-state index in [0.29, 0.717) is 5.92 Å². The van der Waals surface area contributed by atoms with Gasteiger partial charge in [-0.25, -0.2) is 4.79 Å². The Kier molecular flexibility index (Phi) is 4.09. The molecule has 2 rings (SSSR count). The molecule has 19 heavy (non-hydrogen) atoms. The van der Waals surface area contributed by atoms with E-state index >= 15 is 0 Å². The topological polar surface area (TPSA) is 29.5 Å². The van der Waals surface area contributed by atoms with E-state index in [1.54, 1.807) is 4.90 Å². The van der Waals surface area contributed by atoms with Gasteiger partial charge in [0, 0.05) is 23.9 Å². The van der Waals surface area contributed by atoms with Crippen molar-refractivity contribution in [1.82, 2.24) is 4.90 Å². The molecule has 1 aliphatic heterocycles. The first kappa shape index (κ1) is 14.3. The van der Waals surface area contributed by atoms with Crippen molar-refractivity contribution in [3.63, 3.8) is 0 Å². The normalized spacial score (nSPS) is 19.6. The number of carbonyl (C=O) groups is 1. The molecule has 0 aromatic heterocycles. The standard InChI is InChI=1S/C15H21NO2S/c1-15(2,3)18-14(17)16-9-8-12(10-16)11-4-6-13(19)7-5-11/h4-7,12,19H,8-10H2,1-3H3/t12-/m1/s1. The summed E-state index contributed by atoms with van der Waals surface area (Å²) in [5.41, 5.74) is 0.840. The Morgan fingerprint density at radius 1 is 1.32 bits per heavy atom.